The van der Waals surface area contributed by atoms with Gasteiger partial charge in [0.25, 0.3) is 5.91 Å². The summed E-state index contributed by atoms with van der Waals surface area (Å²) >= 11 is 1.37. The predicted octanol–water partition coefficient (Wildman–Crippen LogP) is 4.01. The van der Waals surface area contributed by atoms with Gasteiger partial charge in [0.05, 0.1) is 11.4 Å². The molecule has 0 radical (unpaired) electrons. The molecular weight excluding hydrogens is 537 g/mol. The number of hydrogen-bond acceptors (Lipinski definition) is 6. The molecule has 3 N–H and O–H groups in total. The zero-order valence-corrected chi connectivity index (χ0v) is 23.7. The molecule has 9 nitrogen and oxygen atoms in total. The summed E-state index contributed by atoms with van der Waals surface area (Å²) in [6, 6.07) is 1.76. The topological polar surface area (TPSA) is 122 Å². The lowest BCUT2D eigenvalue weighted by atomic mass is 9.99. The molecule has 1 saturated heterocycles. The summed E-state index contributed by atoms with van der Waals surface area (Å²) in [7, 11) is 1.55. The number of hydrogen-bond donors (Lipinski definition) is 2. The molecular formula is C26H37F3N4O5S. The highest BCUT2D eigenvalue weighted by Gasteiger charge is 2.38. The Labute approximate surface area is 231 Å². The number of benzene rings is 1. The van der Waals surface area contributed by atoms with Gasteiger partial charge in [-0.05, 0) is 64.3 Å². The molecule has 1 aliphatic heterocycles. The van der Waals surface area contributed by atoms with Crippen molar-refractivity contribution in [2.75, 3.05) is 18.7 Å². The summed E-state index contributed by atoms with van der Waals surface area (Å²) in [5, 5.41) is 2.60. The van der Waals surface area contributed by atoms with Crippen molar-refractivity contribution >= 4 is 35.6 Å². The number of primary amides is 1. The first-order valence-corrected chi connectivity index (χ1v) is 13.8. The number of carbonyl (C=O) groups excluding carboxylic acids is 4. The summed E-state index contributed by atoms with van der Waals surface area (Å²) in [6.07, 6.45) is -3.64. The fourth-order valence-corrected chi connectivity index (χ4v) is 5.37. The summed E-state index contributed by atoms with van der Waals surface area (Å²) in [5.74, 6) is -1.00. The van der Waals surface area contributed by atoms with Gasteiger partial charge in [-0.2, -0.15) is 13.2 Å². The predicted molar refractivity (Wildman–Crippen MR) is 142 cm³/mol. The van der Waals surface area contributed by atoms with Crippen molar-refractivity contribution in [3.05, 3.63) is 35.4 Å². The van der Waals surface area contributed by atoms with E-state index in [1.807, 2.05) is 6.92 Å². The zero-order valence-electron chi connectivity index (χ0n) is 22.8. The van der Waals surface area contributed by atoms with E-state index in [2.05, 4.69) is 5.32 Å². The molecule has 0 spiro atoms. The van der Waals surface area contributed by atoms with Crippen LogP contribution in [0.1, 0.15) is 69.3 Å². The third-order valence-corrected chi connectivity index (χ3v) is 7.23. The third kappa shape index (κ3) is 9.33. The number of ether oxygens (including phenoxy) is 1. The number of thioether (sulfide) groups is 1. The maximum absolute atomic E-state index is 13.4. The van der Waals surface area contributed by atoms with Gasteiger partial charge >= 0.3 is 12.3 Å². The van der Waals surface area contributed by atoms with Crippen LogP contribution in [0.3, 0.4) is 0 Å². The number of alkyl carbamates (subject to hydrolysis) is 1. The molecule has 13 heteroatoms. The van der Waals surface area contributed by atoms with Gasteiger partial charge in [0, 0.05) is 24.4 Å². The lowest BCUT2D eigenvalue weighted by Gasteiger charge is -2.32. The van der Waals surface area contributed by atoms with Crippen LogP contribution in [-0.2, 0) is 20.5 Å². The standard InChI is InChI=1S/C26H37F3N4O5S/c1-6-7-18(32(5)22(35)16-8-10-17(11-9-16)26(27,28)29)12-13-19(31-24(37)38-25(2,3)4)23(36)33-15-39-14-20(33)21(30)34/h8-11,18-20H,6-7,12-15H2,1-5H3,(H2,30,34)(H,31,37)/t18?,19-,20+/m0/s1. The minimum absolute atomic E-state index is 0.101. The van der Waals surface area contributed by atoms with Gasteiger partial charge in [0.2, 0.25) is 11.8 Å². The average Bonchev–Trinajstić information content (AvgIpc) is 3.33. The van der Waals surface area contributed by atoms with E-state index in [9.17, 15) is 32.3 Å². The van der Waals surface area contributed by atoms with E-state index in [1.54, 1.807) is 27.8 Å². The van der Waals surface area contributed by atoms with Crippen LogP contribution in [-0.4, -0.2) is 76.0 Å². The fourth-order valence-electron chi connectivity index (χ4n) is 4.20. The monoisotopic (exact) mass is 574 g/mol. The van der Waals surface area contributed by atoms with Crippen molar-refractivity contribution in [2.24, 2.45) is 5.73 Å². The highest BCUT2D eigenvalue weighted by atomic mass is 32.2. The highest BCUT2D eigenvalue weighted by Crippen LogP contribution is 2.29. The van der Waals surface area contributed by atoms with Gasteiger partial charge in [-0.15, -0.1) is 11.8 Å². The van der Waals surface area contributed by atoms with Crippen LogP contribution in [0, 0.1) is 0 Å². The SMILES string of the molecule is CCCC(CC[C@H](NC(=O)OC(C)(C)C)C(=O)N1CSC[C@@H]1C(N)=O)N(C)C(=O)c1ccc(C(F)(F)F)cc1. The van der Waals surface area contributed by atoms with E-state index >= 15 is 0 Å². The van der Waals surface area contributed by atoms with Crippen molar-refractivity contribution in [1.82, 2.24) is 15.1 Å². The molecule has 1 aliphatic rings. The van der Waals surface area contributed by atoms with Crippen LogP contribution < -0.4 is 11.1 Å². The minimum Gasteiger partial charge on any atom is -0.444 e. The second kappa shape index (κ2) is 13.4. The number of amides is 4. The Bertz CT molecular complexity index is 1030. The first-order chi connectivity index (χ1) is 18.0. The maximum atomic E-state index is 13.4. The number of alkyl halides is 3. The number of rotatable bonds is 10. The van der Waals surface area contributed by atoms with Crippen LogP contribution in [0.2, 0.25) is 0 Å². The maximum Gasteiger partial charge on any atom is 0.416 e. The van der Waals surface area contributed by atoms with E-state index < -0.39 is 53.2 Å². The van der Waals surface area contributed by atoms with Crippen LogP contribution >= 0.6 is 11.8 Å². The van der Waals surface area contributed by atoms with Gasteiger partial charge in [-0.1, -0.05) is 13.3 Å². The van der Waals surface area contributed by atoms with Gasteiger partial charge < -0.3 is 25.6 Å². The number of nitrogens with zero attached hydrogens (tertiary/aromatic N) is 2. The molecule has 1 heterocycles. The Kier molecular flexibility index (Phi) is 11.1. The van der Waals surface area contributed by atoms with E-state index in [-0.39, 0.29) is 23.9 Å². The quantitative estimate of drug-likeness (QED) is 0.436. The van der Waals surface area contributed by atoms with Gasteiger partial charge in [-0.25, -0.2) is 4.79 Å². The van der Waals surface area contributed by atoms with E-state index in [1.165, 1.54) is 21.6 Å². The molecule has 1 fully saturated rings. The molecule has 2 rings (SSSR count). The molecule has 0 aromatic heterocycles. The lowest BCUT2D eigenvalue weighted by Crippen LogP contribution is -2.54. The Morgan fingerprint density at radius 1 is 1.13 bits per heavy atom. The van der Waals surface area contributed by atoms with E-state index in [4.69, 9.17) is 10.5 Å². The average molecular weight is 575 g/mol. The Hall–Kier alpha value is -2.96. The highest BCUT2D eigenvalue weighted by molar-refractivity contribution is 7.99. The molecule has 1 aromatic carbocycles. The van der Waals surface area contributed by atoms with Crippen molar-refractivity contribution in [2.45, 2.75) is 83.3 Å². The van der Waals surface area contributed by atoms with Crippen molar-refractivity contribution in [3.63, 3.8) is 0 Å². The first-order valence-electron chi connectivity index (χ1n) is 12.7. The minimum atomic E-state index is -4.51. The van der Waals surface area contributed by atoms with Crippen LogP contribution in [0.5, 0.6) is 0 Å². The largest absolute Gasteiger partial charge is 0.444 e. The van der Waals surface area contributed by atoms with Crippen molar-refractivity contribution < 1.29 is 37.1 Å². The smallest absolute Gasteiger partial charge is 0.416 e. The Morgan fingerprint density at radius 2 is 1.74 bits per heavy atom. The van der Waals surface area contributed by atoms with Gasteiger partial charge in [-0.3, -0.25) is 14.4 Å². The Balaban J connectivity index is 2.21. The molecule has 0 bridgehead atoms. The molecule has 1 aromatic rings. The number of nitrogens with two attached hydrogens (primary N) is 1. The molecule has 4 amide bonds. The second-order valence-corrected chi connectivity index (χ2v) is 11.4. The van der Waals surface area contributed by atoms with Crippen LogP contribution in [0.15, 0.2) is 24.3 Å². The molecule has 218 valence electrons. The number of nitrogens with one attached hydrogen (secondary N) is 1. The van der Waals surface area contributed by atoms with Crippen molar-refractivity contribution in [1.29, 1.82) is 0 Å². The van der Waals surface area contributed by atoms with E-state index in [0.29, 0.717) is 25.0 Å². The van der Waals surface area contributed by atoms with Crippen LogP contribution in [0.4, 0.5) is 18.0 Å². The molecule has 3 atom stereocenters. The Morgan fingerprint density at radius 3 is 2.26 bits per heavy atom. The van der Waals surface area contributed by atoms with E-state index in [0.717, 1.165) is 24.3 Å². The fraction of sp³-hybridized carbons (Fsp3) is 0.615. The summed E-state index contributed by atoms with van der Waals surface area (Å²) in [6.45, 7) is 6.97. The lowest BCUT2D eigenvalue weighted by molar-refractivity contribution is -0.138. The molecule has 0 saturated carbocycles. The second-order valence-electron chi connectivity index (χ2n) is 10.4. The number of halogens is 3. The normalized spacial score (nSPS) is 17.3. The van der Waals surface area contributed by atoms with Crippen molar-refractivity contribution in [3.8, 4) is 0 Å². The molecule has 0 aliphatic carbocycles. The molecule has 39 heavy (non-hydrogen) atoms. The zero-order chi connectivity index (χ0) is 29.5. The van der Waals surface area contributed by atoms with Gasteiger partial charge in [0.15, 0.2) is 0 Å². The summed E-state index contributed by atoms with van der Waals surface area (Å²) in [5.41, 5.74) is 3.91. The molecule has 1 unspecified atom stereocenters. The first kappa shape index (κ1) is 32.3. The van der Waals surface area contributed by atoms with Gasteiger partial charge in [0.1, 0.15) is 17.7 Å². The third-order valence-electron chi connectivity index (χ3n) is 6.22. The summed E-state index contributed by atoms with van der Waals surface area (Å²) < 4.78 is 44.1. The number of carbonyl (C=O) groups is 4. The summed E-state index contributed by atoms with van der Waals surface area (Å²) in [4.78, 5) is 53.7. The van der Waals surface area contributed by atoms with Crippen LogP contribution in [0.25, 0.3) is 0 Å².